The fraction of sp³-hybridized carbons (Fsp3) is 0.615. The molecule has 0 spiro atoms. The number of amides is 1. The fourth-order valence-electron chi connectivity index (χ4n) is 1.44. The summed E-state index contributed by atoms with van der Waals surface area (Å²) >= 11 is 5.64. The van der Waals surface area contributed by atoms with Crippen molar-refractivity contribution in [1.82, 2.24) is 15.3 Å². The van der Waals surface area contributed by atoms with Crippen LogP contribution in [0.15, 0.2) is 12.4 Å². The SMILES string of the molecule is CC(C)(C)OC(=O)NCCC(O)C(O)c1ncc(Cl)cn1. The van der Waals surface area contributed by atoms with Crippen molar-refractivity contribution in [2.24, 2.45) is 0 Å². The number of alkyl carbamates (subject to hydrolysis) is 1. The highest BCUT2D eigenvalue weighted by Crippen LogP contribution is 2.15. The van der Waals surface area contributed by atoms with E-state index in [0.29, 0.717) is 5.02 Å². The monoisotopic (exact) mass is 317 g/mol. The van der Waals surface area contributed by atoms with Gasteiger partial charge in [-0.1, -0.05) is 11.6 Å². The minimum absolute atomic E-state index is 0.0733. The summed E-state index contributed by atoms with van der Waals surface area (Å²) in [4.78, 5) is 19.1. The molecule has 0 fully saturated rings. The zero-order valence-corrected chi connectivity index (χ0v) is 13.0. The van der Waals surface area contributed by atoms with E-state index in [1.807, 2.05) is 0 Å². The first kappa shape index (κ1) is 17.6. The summed E-state index contributed by atoms with van der Waals surface area (Å²) in [6.07, 6.45) is -0.139. The highest BCUT2D eigenvalue weighted by Gasteiger charge is 2.21. The van der Waals surface area contributed by atoms with Crippen LogP contribution in [0.1, 0.15) is 39.1 Å². The Morgan fingerprint density at radius 3 is 2.48 bits per heavy atom. The summed E-state index contributed by atoms with van der Waals surface area (Å²) in [6, 6.07) is 0. The van der Waals surface area contributed by atoms with E-state index in [9.17, 15) is 15.0 Å². The molecule has 118 valence electrons. The maximum atomic E-state index is 11.4. The van der Waals surface area contributed by atoms with E-state index in [0.717, 1.165) is 0 Å². The Bertz CT molecular complexity index is 461. The van der Waals surface area contributed by atoms with E-state index in [-0.39, 0.29) is 18.8 Å². The molecule has 3 N–H and O–H groups in total. The minimum atomic E-state index is -1.25. The van der Waals surface area contributed by atoms with Gasteiger partial charge in [-0.05, 0) is 27.2 Å². The van der Waals surface area contributed by atoms with E-state index in [1.165, 1.54) is 12.4 Å². The van der Waals surface area contributed by atoms with E-state index >= 15 is 0 Å². The molecule has 0 saturated heterocycles. The third-order valence-electron chi connectivity index (χ3n) is 2.38. The van der Waals surface area contributed by atoms with Crippen molar-refractivity contribution in [1.29, 1.82) is 0 Å². The number of hydrogen-bond acceptors (Lipinski definition) is 6. The normalized spacial score (nSPS) is 14.4. The molecule has 1 rings (SSSR count). The molecule has 2 atom stereocenters. The third-order valence-corrected chi connectivity index (χ3v) is 2.57. The topological polar surface area (TPSA) is 105 Å². The van der Waals surface area contributed by atoms with Gasteiger partial charge in [-0.25, -0.2) is 14.8 Å². The molecule has 1 aromatic heterocycles. The van der Waals surface area contributed by atoms with Gasteiger partial charge in [0.25, 0.3) is 0 Å². The van der Waals surface area contributed by atoms with Gasteiger partial charge >= 0.3 is 6.09 Å². The lowest BCUT2D eigenvalue weighted by Crippen LogP contribution is -2.34. The van der Waals surface area contributed by atoms with Gasteiger partial charge in [-0.15, -0.1) is 0 Å². The second-order valence-corrected chi connectivity index (χ2v) is 5.93. The van der Waals surface area contributed by atoms with Crippen molar-refractivity contribution in [3.05, 3.63) is 23.2 Å². The van der Waals surface area contributed by atoms with Crippen LogP contribution >= 0.6 is 11.6 Å². The van der Waals surface area contributed by atoms with E-state index in [4.69, 9.17) is 16.3 Å². The fourth-order valence-corrected chi connectivity index (χ4v) is 1.54. The van der Waals surface area contributed by atoms with Crippen LogP contribution in [0.5, 0.6) is 0 Å². The predicted octanol–water partition coefficient (Wildman–Crippen LogP) is 1.44. The Hall–Kier alpha value is -1.44. The van der Waals surface area contributed by atoms with Gasteiger partial charge in [0.15, 0.2) is 5.82 Å². The maximum Gasteiger partial charge on any atom is 0.407 e. The summed E-state index contributed by atoms with van der Waals surface area (Å²) in [5.41, 5.74) is -0.584. The molecule has 0 radical (unpaired) electrons. The molecule has 1 aromatic rings. The number of aliphatic hydroxyl groups excluding tert-OH is 2. The molecule has 1 amide bonds. The summed E-state index contributed by atoms with van der Waals surface area (Å²) in [5, 5.41) is 22.5. The number of aromatic nitrogens is 2. The summed E-state index contributed by atoms with van der Waals surface area (Å²) < 4.78 is 5.04. The van der Waals surface area contributed by atoms with Gasteiger partial charge in [0.2, 0.25) is 0 Å². The van der Waals surface area contributed by atoms with E-state index in [1.54, 1.807) is 20.8 Å². The van der Waals surface area contributed by atoms with Crippen LogP contribution in [0.2, 0.25) is 5.02 Å². The number of nitrogens with zero attached hydrogens (tertiary/aromatic N) is 2. The second-order valence-electron chi connectivity index (χ2n) is 5.49. The Morgan fingerprint density at radius 2 is 1.95 bits per heavy atom. The lowest BCUT2D eigenvalue weighted by Gasteiger charge is -2.20. The summed E-state index contributed by atoms with van der Waals surface area (Å²) in [5.74, 6) is 0.0733. The maximum absolute atomic E-state index is 11.4. The molecular weight excluding hydrogens is 298 g/mol. The highest BCUT2D eigenvalue weighted by atomic mass is 35.5. The molecule has 0 aliphatic carbocycles. The molecule has 1 heterocycles. The predicted molar refractivity (Wildman–Crippen MR) is 76.9 cm³/mol. The van der Waals surface area contributed by atoms with Crippen LogP contribution in [0.3, 0.4) is 0 Å². The number of halogens is 1. The summed E-state index contributed by atoms with van der Waals surface area (Å²) in [7, 11) is 0. The van der Waals surface area contributed by atoms with Crippen molar-refractivity contribution >= 4 is 17.7 Å². The van der Waals surface area contributed by atoms with Gasteiger partial charge in [0.1, 0.15) is 11.7 Å². The summed E-state index contributed by atoms with van der Waals surface area (Å²) in [6.45, 7) is 5.41. The molecule has 0 bridgehead atoms. The Labute approximate surface area is 128 Å². The van der Waals surface area contributed by atoms with Crippen LogP contribution < -0.4 is 5.32 Å². The molecule has 7 nitrogen and oxygen atoms in total. The first-order valence-corrected chi connectivity index (χ1v) is 6.87. The minimum Gasteiger partial charge on any atom is -0.444 e. The van der Waals surface area contributed by atoms with Crippen LogP contribution in [0, 0.1) is 0 Å². The zero-order valence-electron chi connectivity index (χ0n) is 12.2. The lowest BCUT2D eigenvalue weighted by atomic mass is 10.1. The van der Waals surface area contributed by atoms with Crippen LogP contribution in [-0.4, -0.2) is 44.5 Å². The van der Waals surface area contributed by atoms with Gasteiger partial charge in [-0.3, -0.25) is 0 Å². The second kappa shape index (κ2) is 7.53. The number of rotatable bonds is 5. The molecule has 0 aliphatic heterocycles. The smallest absolute Gasteiger partial charge is 0.407 e. The van der Waals surface area contributed by atoms with Crippen LogP contribution in [-0.2, 0) is 4.74 Å². The molecule has 0 saturated carbocycles. The Kier molecular flexibility index (Phi) is 6.32. The van der Waals surface area contributed by atoms with E-state index < -0.39 is 23.9 Å². The average Bonchev–Trinajstić information content (AvgIpc) is 2.36. The third kappa shape index (κ3) is 6.70. The Morgan fingerprint density at radius 1 is 1.38 bits per heavy atom. The van der Waals surface area contributed by atoms with Gasteiger partial charge < -0.3 is 20.3 Å². The van der Waals surface area contributed by atoms with Crippen molar-refractivity contribution in [2.75, 3.05) is 6.54 Å². The zero-order chi connectivity index (χ0) is 16.0. The first-order chi connectivity index (χ1) is 9.69. The average molecular weight is 318 g/mol. The van der Waals surface area contributed by atoms with Gasteiger partial charge in [0, 0.05) is 18.9 Å². The van der Waals surface area contributed by atoms with Crippen LogP contribution in [0.4, 0.5) is 4.79 Å². The molecule has 2 unspecified atom stereocenters. The highest BCUT2D eigenvalue weighted by molar-refractivity contribution is 6.30. The molecule has 21 heavy (non-hydrogen) atoms. The molecule has 0 aromatic carbocycles. The van der Waals surface area contributed by atoms with E-state index in [2.05, 4.69) is 15.3 Å². The molecule has 0 aliphatic rings. The number of hydrogen-bond donors (Lipinski definition) is 3. The number of carbonyl (C=O) groups is 1. The molecular formula is C13H20ClN3O4. The van der Waals surface area contributed by atoms with Crippen molar-refractivity contribution in [2.45, 2.75) is 45.0 Å². The van der Waals surface area contributed by atoms with Crippen molar-refractivity contribution in [3.63, 3.8) is 0 Å². The number of aliphatic hydroxyl groups is 2. The largest absolute Gasteiger partial charge is 0.444 e. The van der Waals surface area contributed by atoms with Crippen LogP contribution in [0.25, 0.3) is 0 Å². The quantitative estimate of drug-likeness (QED) is 0.759. The molecule has 8 heteroatoms. The number of carbonyl (C=O) groups excluding carboxylic acids is 1. The Balaban J connectivity index is 2.38. The van der Waals surface area contributed by atoms with Gasteiger partial charge in [0.05, 0.1) is 11.1 Å². The van der Waals surface area contributed by atoms with Gasteiger partial charge in [-0.2, -0.15) is 0 Å². The number of nitrogens with one attached hydrogen (secondary N) is 1. The first-order valence-electron chi connectivity index (χ1n) is 6.49. The van der Waals surface area contributed by atoms with Crippen molar-refractivity contribution in [3.8, 4) is 0 Å². The lowest BCUT2D eigenvalue weighted by molar-refractivity contribution is 0.00734. The number of ether oxygens (including phenoxy) is 1. The van der Waals surface area contributed by atoms with Crippen molar-refractivity contribution < 1.29 is 19.7 Å². The standard InChI is InChI=1S/C13H20ClN3O4/c1-13(2,3)21-12(20)15-5-4-9(18)10(19)11-16-6-8(14)7-17-11/h6-7,9-10,18-19H,4-5H2,1-3H3,(H,15,20).